The van der Waals surface area contributed by atoms with E-state index in [-0.39, 0.29) is 23.9 Å². The number of aromatic nitrogens is 2. The molecule has 6 heteroatoms. The summed E-state index contributed by atoms with van der Waals surface area (Å²) in [5, 5.41) is 0. The molecule has 1 aliphatic heterocycles. The maximum Gasteiger partial charge on any atom is 0.261 e. The van der Waals surface area contributed by atoms with Crippen LogP contribution in [-0.2, 0) is 6.54 Å². The molecule has 4 rings (SSSR count). The number of carbonyl (C=O) groups is 2. The topological polar surface area (TPSA) is 71.8 Å². The zero-order chi connectivity index (χ0) is 16.8. The largest absolute Gasteiger partial charge is 0.269 e. The zero-order valence-corrected chi connectivity index (χ0v) is 12.9. The average Bonchev–Trinajstić information content (AvgIpc) is 2.82. The lowest BCUT2D eigenvalue weighted by Gasteiger charge is -2.14. The van der Waals surface area contributed by atoms with Gasteiger partial charge in [-0.15, -0.1) is 0 Å². The molecule has 2 amide bonds. The summed E-state index contributed by atoms with van der Waals surface area (Å²) in [5.74, 6) is -0.718. The van der Waals surface area contributed by atoms with Crippen molar-refractivity contribution in [2.24, 2.45) is 0 Å². The van der Waals surface area contributed by atoms with Gasteiger partial charge in [-0.25, -0.2) is 4.98 Å². The van der Waals surface area contributed by atoms with E-state index < -0.39 is 0 Å². The quantitative estimate of drug-likeness (QED) is 0.675. The van der Waals surface area contributed by atoms with Crippen LogP contribution in [0.3, 0.4) is 0 Å². The van der Waals surface area contributed by atoms with Crippen molar-refractivity contribution in [3.8, 4) is 0 Å². The molecule has 3 aromatic rings. The Balaban J connectivity index is 1.76. The van der Waals surface area contributed by atoms with Crippen molar-refractivity contribution in [2.75, 3.05) is 0 Å². The van der Waals surface area contributed by atoms with Crippen LogP contribution in [0.1, 0.15) is 32.0 Å². The summed E-state index contributed by atoms with van der Waals surface area (Å²) in [4.78, 5) is 42.7. The van der Waals surface area contributed by atoms with Gasteiger partial charge >= 0.3 is 0 Å². The number of nitrogens with zero attached hydrogens (tertiary/aromatic N) is 3. The fraction of sp³-hybridized carbons (Fsp3) is 0.111. The minimum absolute atomic E-state index is 0.0214. The molecule has 0 saturated heterocycles. The van der Waals surface area contributed by atoms with Crippen molar-refractivity contribution >= 4 is 17.5 Å². The molecule has 2 aromatic heterocycles. The van der Waals surface area contributed by atoms with E-state index in [2.05, 4.69) is 4.98 Å². The molecule has 0 fully saturated rings. The van der Waals surface area contributed by atoms with Crippen LogP contribution in [0.2, 0.25) is 0 Å². The van der Waals surface area contributed by atoms with Gasteiger partial charge in [-0.2, -0.15) is 0 Å². The first-order valence-electron chi connectivity index (χ1n) is 7.49. The Hall–Kier alpha value is -3.28. The molecule has 3 heterocycles. The molecule has 1 aromatic carbocycles. The van der Waals surface area contributed by atoms with Crippen LogP contribution in [0, 0.1) is 6.92 Å². The van der Waals surface area contributed by atoms with Crippen molar-refractivity contribution < 1.29 is 9.59 Å². The maximum absolute atomic E-state index is 12.4. The number of imide groups is 1. The summed E-state index contributed by atoms with van der Waals surface area (Å²) in [5.41, 5.74) is 2.29. The third kappa shape index (κ3) is 2.04. The molecule has 6 nitrogen and oxygen atoms in total. The van der Waals surface area contributed by atoms with Crippen molar-refractivity contribution in [3.05, 3.63) is 81.4 Å². The standard InChI is InChI=1S/C18H13N3O3/c1-11-5-4-8-20-15(22)9-12(19-16(11)20)10-21-17(23)13-6-2-3-7-14(13)18(21)24/h2-9H,10H2,1H3. The second-order valence-corrected chi connectivity index (χ2v) is 5.71. The molecule has 0 spiro atoms. The third-order valence-corrected chi connectivity index (χ3v) is 4.14. The molecule has 118 valence electrons. The summed E-state index contributed by atoms with van der Waals surface area (Å²) in [6, 6.07) is 11.7. The van der Waals surface area contributed by atoms with Gasteiger partial charge in [-0.05, 0) is 30.7 Å². The zero-order valence-electron chi connectivity index (χ0n) is 12.9. The van der Waals surface area contributed by atoms with Crippen molar-refractivity contribution in [3.63, 3.8) is 0 Å². The number of pyridine rings is 1. The van der Waals surface area contributed by atoms with Gasteiger partial charge in [0.05, 0.1) is 23.4 Å². The summed E-state index contributed by atoms with van der Waals surface area (Å²) in [6.45, 7) is 1.83. The fourth-order valence-corrected chi connectivity index (χ4v) is 2.93. The fourth-order valence-electron chi connectivity index (χ4n) is 2.93. The Morgan fingerprint density at radius 1 is 0.958 bits per heavy atom. The molecule has 0 N–H and O–H groups in total. The third-order valence-electron chi connectivity index (χ3n) is 4.14. The lowest BCUT2D eigenvalue weighted by atomic mass is 10.1. The number of rotatable bonds is 2. The van der Waals surface area contributed by atoms with Gasteiger partial charge < -0.3 is 0 Å². The Bertz CT molecular complexity index is 1030. The first kappa shape index (κ1) is 14.3. The number of carbonyl (C=O) groups excluding carboxylic acids is 2. The summed E-state index contributed by atoms with van der Waals surface area (Å²) in [6.07, 6.45) is 1.64. The maximum atomic E-state index is 12.4. The van der Waals surface area contributed by atoms with E-state index in [0.717, 1.165) is 10.5 Å². The summed E-state index contributed by atoms with van der Waals surface area (Å²) >= 11 is 0. The van der Waals surface area contributed by atoms with Gasteiger partial charge in [0.15, 0.2) is 0 Å². The number of amides is 2. The van der Waals surface area contributed by atoms with E-state index in [1.54, 1.807) is 36.5 Å². The monoisotopic (exact) mass is 319 g/mol. The highest BCUT2D eigenvalue weighted by molar-refractivity contribution is 6.21. The highest BCUT2D eigenvalue weighted by Gasteiger charge is 2.35. The van der Waals surface area contributed by atoms with Gasteiger partial charge in [-0.3, -0.25) is 23.7 Å². The van der Waals surface area contributed by atoms with Crippen LogP contribution in [0.15, 0.2) is 53.5 Å². The first-order valence-corrected chi connectivity index (χ1v) is 7.49. The van der Waals surface area contributed by atoms with Crippen LogP contribution in [-0.4, -0.2) is 26.1 Å². The SMILES string of the molecule is Cc1cccn2c(=O)cc(CN3C(=O)c4ccccc4C3=O)nc12. The van der Waals surface area contributed by atoms with Crippen LogP contribution in [0.5, 0.6) is 0 Å². The van der Waals surface area contributed by atoms with E-state index in [4.69, 9.17) is 0 Å². The van der Waals surface area contributed by atoms with E-state index in [0.29, 0.717) is 22.5 Å². The van der Waals surface area contributed by atoms with E-state index >= 15 is 0 Å². The van der Waals surface area contributed by atoms with Gasteiger partial charge in [-0.1, -0.05) is 18.2 Å². The lowest BCUT2D eigenvalue weighted by molar-refractivity contribution is 0.0640. The van der Waals surface area contributed by atoms with Crippen LogP contribution in [0.25, 0.3) is 5.65 Å². The van der Waals surface area contributed by atoms with Gasteiger partial charge in [0.25, 0.3) is 17.4 Å². The molecular weight excluding hydrogens is 306 g/mol. The smallest absolute Gasteiger partial charge is 0.261 e. The first-order chi connectivity index (χ1) is 11.6. The Morgan fingerprint density at radius 3 is 2.29 bits per heavy atom. The Labute approximate surface area is 137 Å². The van der Waals surface area contributed by atoms with Gasteiger partial charge in [0, 0.05) is 12.3 Å². The molecule has 0 aliphatic carbocycles. The second kappa shape index (κ2) is 5.13. The highest BCUT2D eigenvalue weighted by Crippen LogP contribution is 2.23. The molecule has 1 aliphatic rings. The minimum atomic E-state index is -0.359. The van der Waals surface area contributed by atoms with Crippen LogP contribution < -0.4 is 5.56 Å². The number of hydrogen-bond acceptors (Lipinski definition) is 4. The summed E-state index contributed by atoms with van der Waals surface area (Å²) in [7, 11) is 0. The lowest BCUT2D eigenvalue weighted by Crippen LogP contribution is -2.30. The molecule has 0 atom stereocenters. The second-order valence-electron chi connectivity index (χ2n) is 5.71. The molecule has 0 unspecified atom stereocenters. The Kier molecular flexibility index (Phi) is 3.06. The van der Waals surface area contributed by atoms with Gasteiger partial charge in [0.2, 0.25) is 0 Å². The van der Waals surface area contributed by atoms with Crippen molar-refractivity contribution in [2.45, 2.75) is 13.5 Å². The van der Waals surface area contributed by atoms with Crippen LogP contribution >= 0.6 is 0 Å². The van der Waals surface area contributed by atoms with Crippen molar-refractivity contribution in [1.29, 1.82) is 0 Å². The van der Waals surface area contributed by atoms with E-state index in [1.165, 1.54) is 10.5 Å². The summed E-state index contributed by atoms with van der Waals surface area (Å²) < 4.78 is 1.45. The van der Waals surface area contributed by atoms with Crippen LogP contribution in [0.4, 0.5) is 0 Å². The average molecular weight is 319 g/mol. The van der Waals surface area contributed by atoms with E-state index in [1.807, 2.05) is 13.0 Å². The normalized spacial score (nSPS) is 13.6. The number of fused-ring (bicyclic) bond motifs is 2. The number of hydrogen-bond donors (Lipinski definition) is 0. The predicted octanol–water partition coefficient (Wildman–Crippen LogP) is 1.80. The van der Waals surface area contributed by atoms with Crippen molar-refractivity contribution in [1.82, 2.24) is 14.3 Å². The minimum Gasteiger partial charge on any atom is -0.269 e. The molecule has 0 bridgehead atoms. The number of aryl methyl sites for hydroxylation is 1. The molecule has 0 radical (unpaired) electrons. The van der Waals surface area contributed by atoms with Gasteiger partial charge in [0.1, 0.15) is 5.65 Å². The predicted molar refractivity (Wildman–Crippen MR) is 86.8 cm³/mol. The number of benzene rings is 1. The van der Waals surface area contributed by atoms with E-state index in [9.17, 15) is 14.4 Å². The molecule has 0 saturated carbocycles. The highest BCUT2D eigenvalue weighted by atomic mass is 16.2. The molecule has 24 heavy (non-hydrogen) atoms. The molecular formula is C18H13N3O3. The Morgan fingerprint density at radius 2 is 1.62 bits per heavy atom.